The van der Waals surface area contributed by atoms with E-state index < -0.39 is 6.51 Å². The minimum absolute atomic E-state index is 0.00215. The van der Waals surface area contributed by atoms with E-state index in [0.717, 1.165) is 17.2 Å². The van der Waals surface area contributed by atoms with Gasteiger partial charge in [-0.05, 0) is 0 Å². The van der Waals surface area contributed by atoms with Crippen LogP contribution in [0.3, 0.4) is 0 Å². The fourth-order valence-electron chi connectivity index (χ4n) is 18.1. The van der Waals surface area contributed by atoms with Crippen LogP contribution < -0.4 is 5.73 Å². The summed E-state index contributed by atoms with van der Waals surface area (Å²) in [5.74, 6) is 0. The van der Waals surface area contributed by atoms with Gasteiger partial charge in [0.15, 0.2) is 0 Å². The van der Waals surface area contributed by atoms with E-state index >= 15 is 0 Å². The van der Waals surface area contributed by atoms with Gasteiger partial charge in [-0.1, -0.05) is 0 Å². The number of rotatable bonds is 4. The van der Waals surface area contributed by atoms with Gasteiger partial charge in [0, 0.05) is 0 Å². The van der Waals surface area contributed by atoms with Crippen molar-refractivity contribution in [2.75, 3.05) is 0 Å². The Morgan fingerprint density at radius 1 is 1.00 bits per heavy atom. The van der Waals surface area contributed by atoms with E-state index in [0.29, 0.717) is 0 Å². The van der Waals surface area contributed by atoms with Crippen LogP contribution in [-0.2, 0) is 6.51 Å². The third-order valence-corrected chi connectivity index (χ3v) is 59.4. The summed E-state index contributed by atoms with van der Waals surface area (Å²) in [6.45, 7) is 6.40. The molecule has 2 N–H and O–H groups in total. The molecule has 19 heavy (non-hydrogen) atoms. The normalized spacial score (nSPS) is 109. The van der Waals surface area contributed by atoms with Crippen molar-refractivity contribution in [3.05, 3.63) is 12.2 Å². The van der Waals surface area contributed by atoms with Crippen molar-refractivity contribution >= 4 is 0 Å². The number of hydrogen-bond acceptors (Lipinski definition) is 1. The van der Waals surface area contributed by atoms with Crippen LogP contribution in [-0.4, -0.2) is 5.54 Å². The quantitative estimate of drug-likeness (QED) is 0.584. The van der Waals surface area contributed by atoms with Crippen LogP contribution in [0.2, 0.25) is 47.7 Å². The summed E-state index contributed by atoms with van der Waals surface area (Å²) < 4.78 is 0.819. The molecule has 2 heteroatoms. The topological polar surface area (TPSA) is 26.0 Å². The van der Waals surface area contributed by atoms with E-state index in [2.05, 4.69) is 13.8 Å². The Morgan fingerprint density at radius 2 is 1.42 bits per heavy atom. The molecule has 0 bridgehead atoms. The van der Waals surface area contributed by atoms with Gasteiger partial charge >= 0.3 is 104 Å². The van der Waals surface area contributed by atoms with Crippen molar-refractivity contribution in [1.29, 1.82) is 0 Å². The fourth-order valence-corrected chi connectivity index (χ4v) is 92.5. The molecular formula is C17H23FeN. The third kappa shape index (κ3) is 0.0897. The van der Waals surface area contributed by atoms with Crippen molar-refractivity contribution in [2.24, 2.45) is 5.73 Å². The van der Waals surface area contributed by atoms with Crippen LogP contribution in [0.4, 0.5) is 0 Å². The van der Waals surface area contributed by atoms with Crippen molar-refractivity contribution in [2.45, 2.75) is 79.9 Å². The second-order valence-electron chi connectivity index (χ2n) is 12.0. The minimum atomic E-state index is -2.98. The maximum atomic E-state index is 6.87. The van der Waals surface area contributed by atoms with Gasteiger partial charge in [0.25, 0.3) is 0 Å². The molecule has 0 saturated carbocycles. The Bertz CT molecular complexity index is 966. The molecule has 104 valence electrons. The fraction of sp³-hybridized carbons (Fsp3) is 0.882. The predicted molar refractivity (Wildman–Crippen MR) is 73.1 cm³/mol. The Kier molecular flexibility index (Phi) is 0.286. The summed E-state index contributed by atoms with van der Waals surface area (Å²) in [6.07, 6.45) is 2.25. The average Bonchev–Trinajstić information content (AvgIpc) is 3.38. The predicted octanol–water partition coefficient (Wildman–Crippen LogP) is 4.82. The van der Waals surface area contributed by atoms with Gasteiger partial charge in [-0.15, -0.1) is 0 Å². The Hall–Kier alpha value is 0.219. The first kappa shape index (κ1) is 8.01. The molecule has 0 aromatic heterocycles. The molecule has 4 unspecified atom stereocenters. The molecule has 0 aromatic carbocycles. The van der Waals surface area contributed by atoms with Gasteiger partial charge in [0.05, 0.1) is 0 Å². The molecule has 4 atom stereocenters. The van der Waals surface area contributed by atoms with E-state index in [9.17, 15) is 0 Å². The van der Waals surface area contributed by atoms with Gasteiger partial charge in [-0.3, -0.25) is 0 Å². The summed E-state index contributed by atoms with van der Waals surface area (Å²) in [4.78, 5) is 12.5. The molecule has 0 aromatic rings. The van der Waals surface area contributed by atoms with E-state index in [1.807, 2.05) is 0 Å². The first-order valence-electron chi connectivity index (χ1n) is 8.52. The van der Waals surface area contributed by atoms with Crippen LogP contribution in [0.1, 0.15) is 26.7 Å². The van der Waals surface area contributed by atoms with Crippen molar-refractivity contribution in [3.8, 4) is 0 Å². The molecule has 0 aliphatic carbocycles. The summed E-state index contributed by atoms with van der Waals surface area (Å²) >= 11 is 0. The molecule has 10 aliphatic rings. The van der Waals surface area contributed by atoms with Crippen LogP contribution in [0.25, 0.3) is 0 Å². The van der Waals surface area contributed by atoms with Crippen LogP contribution in [0, 0.1) is 0 Å². The Labute approximate surface area is 104 Å². The van der Waals surface area contributed by atoms with Gasteiger partial charge in [-0.2, -0.15) is 0 Å². The molecule has 10 aliphatic heterocycles. The molecule has 0 radical (unpaired) electrons. The first-order chi connectivity index (χ1) is 8.82. The summed E-state index contributed by atoms with van der Waals surface area (Å²) in [7, 11) is 0. The van der Waals surface area contributed by atoms with Crippen molar-refractivity contribution in [3.63, 3.8) is 0 Å². The van der Waals surface area contributed by atoms with Crippen LogP contribution in [0.15, 0.2) is 12.2 Å². The number of nitrogens with two attached hydrogens (primary N) is 1. The van der Waals surface area contributed by atoms with Crippen molar-refractivity contribution < 1.29 is 6.51 Å². The van der Waals surface area contributed by atoms with Gasteiger partial charge < -0.3 is 0 Å². The first-order valence-corrected chi connectivity index (χ1v) is 14.8. The standard InChI is InChI=1S/C12H18N.C5H5.Fe/c1-4-12(13,5-2)10(3)11-8-6-7-9-11;1-2-4-5-3-1;/h6-9H,3-5,13H2,1-2H3;1-5H;. The molecule has 0 amide bonds. The molecule has 10 fully saturated rings. The zero-order chi connectivity index (χ0) is 12.5. The van der Waals surface area contributed by atoms with E-state index in [1.165, 1.54) is 43.3 Å². The van der Waals surface area contributed by atoms with E-state index in [1.54, 1.807) is 5.57 Å². The zero-order valence-electron chi connectivity index (χ0n) is 11.7. The molecule has 10 heterocycles. The van der Waals surface area contributed by atoms with Crippen LogP contribution in [0.5, 0.6) is 0 Å². The molecule has 1 nitrogen and oxygen atoms in total. The Balaban J connectivity index is 1.45. The van der Waals surface area contributed by atoms with Gasteiger partial charge in [0.2, 0.25) is 0 Å². The van der Waals surface area contributed by atoms with Gasteiger partial charge in [-0.25, -0.2) is 0 Å². The SMILES string of the molecule is C=C(C(N)(CC)CC)[C]12[CH]3[CH]4[CH]5[CH]1[Fe]45321678[CH]2[CH]1[CH]6[CH]7[CH]28. The molecule has 10 saturated heterocycles. The second-order valence-corrected chi connectivity index (χ2v) is 35.6. The summed E-state index contributed by atoms with van der Waals surface area (Å²) in [6, 6.07) is 0. The number of fused-ring (bicyclic) bond motifs is 10. The van der Waals surface area contributed by atoms with Crippen molar-refractivity contribution in [1.82, 2.24) is 0 Å². The van der Waals surface area contributed by atoms with E-state index in [4.69, 9.17) is 12.3 Å². The van der Waals surface area contributed by atoms with E-state index in [-0.39, 0.29) is 5.54 Å². The Morgan fingerprint density at radius 3 is 1.63 bits per heavy atom. The van der Waals surface area contributed by atoms with Gasteiger partial charge in [0.1, 0.15) is 0 Å². The molecule has 1 spiro atoms. The second kappa shape index (κ2) is 0.679. The molecule has 10 rings (SSSR count). The monoisotopic (exact) mass is 297 g/mol. The maximum absolute atomic E-state index is 6.87. The summed E-state index contributed by atoms with van der Waals surface area (Å²) in [5, 5.41) is 0. The number of hydrogen-bond donors (Lipinski definition) is 1. The zero-order valence-corrected chi connectivity index (χ0v) is 12.9. The average molecular weight is 297 g/mol. The third-order valence-electron chi connectivity index (χ3n) is 17.0. The van der Waals surface area contributed by atoms with Crippen LogP contribution >= 0.6 is 0 Å². The summed E-state index contributed by atoms with van der Waals surface area (Å²) in [5.41, 5.74) is 8.51. The molecular weight excluding hydrogens is 274 g/mol.